The molecule has 122 valence electrons. The van der Waals surface area contributed by atoms with Crippen molar-refractivity contribution in [1.29, 1.82) is 0 Å². The molecule has 0 saturated heterocycles. The van der Waals surface area contributed by atoms with Crippen molar-refractivity contribution >= 4 is 34.1 Å². The van der Waals surface area contributed by atoms with Gasteiger partial charge in [-0.25, -0.2) is 0 Å². The van der Waals surface area contributed by atoms with E-state index in [-0.39, 0.29) is 5.88 Å². The molecule has 0 fully saturated rings. The number of hydrogen-bond acceptors (Lipinski definition) is 3. The van der Waals surface area contributed by atoms with Gasteiger partial charge in [0.2, 0.25) is 5.88 Å². The Morgan fingerprint density at radius 1 is 1.17 bits per heavy atom. The Labute approximate surface area is 144 Å². The van der Waals surface area contributed by atoms with Crippen molar-refractivity contribution in [3.05, 3.63) is 59.1 Å². The predicted octanol–water partition coefficient (Wildman–Crippen LogP) is 5.33. The smallest absolute Gasteiger partial charge is 0.295 e. The Morgan fingerprint density at radius 2 is 1.88 bits per heavy atom. The van der Waals surface area contributed by atoms with E-state index in [9.17, 15) is 9.90 Å². The number of fused-ring (bicyclic) bond motifs is 1. The van der Waals surface area contributed by atoms with Gasteiger partial charge in [0.05, 0.1) is 5.52 Å². The lowest BCUT2D eigenvalue weighted by molar-refractivity contribution is 0.0995. The molecule has 0 bridgehead atoms. The fraction of sp³-hybridized carbons (Fsp3) is 0.167. The molecule has 0 aliphatic carbocycles. The Kier molecular flexibility index (Phi) is 4.62. The zero-order chi connectivity index (χ0) is 17.1. The topological polar surface area (TPSA) is 66.9 Å². The van der Waals surface area contributed by atoms with Gasteiger partial charge in [0, 0.05) is 22.5 Å². The van der Waals surface area contributed by atoms with Crippen molar-refractivity contribution in [3.63, 3.8) is 0 Å². The standard InChI is InChI=1S/C18H16ClN3O2/c1-2-11-22-15-6-4-3-5-14(15)16(18(22)24)20-21-17(23)12-7-9-13(19)10-8-12/h3-10,24H,2,11H2,1H3. The lowest BCUT2D eigenvalue weighted by atomic mass is 10.2. The van der Waals surface area contributed by atoms with Crippen LogP contribution in [0.25, 0.3) is 10.9 Å². The number of benzene rings is 2. The van der Waals surface area contributed by atoms with Crippen LogP contribution < -0.4 is 0 Å². The predicted molar refractivity (Wildman–Crippen MR) is 94.2 cm³/mol. The molecule has 0 radical (unpaired) electrons. The Balaban J connectivity index is 1.99. The van der Waals surface area contributed by atoms with Crippen molar-refractivity contribution in [2.75, 3.05) is 0 Å². The van der Waals surface area contributed by atoms with Gasteiger partial charge < -0.3 is 9.67 Å². The van der Waals surface area contributed by atoms with Crippen LogP contribution in [0, 0.1) is 0 Å². The van der Waals surface area contributed by atoms with E-state index in [1.165, 1.54) is 0 Å². The van der Waals surface area contributed by atoms with Crippen LogP contribution in [-0.2, 0) is 6.54 Å². The van der Waals surface area contributed by atoms with Crippen LogP contribution in [0.3, 0.4) is 0 Å². The molecule has 6 heteroatoms. The summed E-state index contributed by atoms with van der Waals surface area (Å²) in [6.07, 6.45) is 0.868. The van der Waals surface area contributed by atoms with Crippen molar-refractivity contribution in [1.82, 2.24) is 4.57 Å². The average Bonchev–Trinajstić information content (AvgIpc) is 2.86. The zero-order valence-electron chi connectivity index (χ0n) is 13.1. The van der Waals surface area contributed by atoms with Crippen LogP contribution in [0.5, 0.6) is 5.88 Å². The summed E-state index contributed by atoms with van der Waals surface area (Å²) in [5, 5.41) is 19.5. The molecule has 24 heavy (non-hydrogen) atoms. The van der Waals surface area contributed by atoms with E-state index >= 15 is 0 Å². The van der Waals surface area contributed by atoms with Crippen molar-refractivity contribution in [2.45, 2.75) is 19.9 Å². The summed E-state index contributed by atoms with van der Waals surface area (Å²) in [4.78, 5) is 12.1. The van der Waals surface area contributed by atoms with Gasteiger partial charge in [0.15, 0.2) is 5.69 Å². The molecular formula is C18H16ClN3O2. The lowest BCUT2D eigenvalue weighted by Gasteiger charge is -2.03. The van der Waals surface area contributed by atoms with Crippen LogP contribution >= 0.6 is 11.6 Å². The highest BCUT2D eigenvalue weighted by Gasteiger charge is 2.16. The summed E-state index contributed by atoms with van der Waals surface area (Å²) in [6.45, 7) is 2.69. The molecular weight excluding hydrogens is 326 g/mol. The number of carbonyl (C=O) groups excluding carboxylic acids is 1. The van der Waals surface area contributed by atoms with Crippen molar-refractivity contribution < 1.29 is 9.90 Å². The first-order chi connectivity index (χ1) is 11.6. The van der Waals surface area contributed by atoms with Crippen molar-refractivity contribution in [2.24, 2.45) is 10.2 Å². The first-order valence-corrected chi connectivity index (χ1v) is 8.01. The van der Waals surface area contributed by atoms with Crippen LogP contribution in [0.1, 0.15) is 23.7 Å². The number of carbonyl (C=O) groups is 1. The number of aromatic nitrogens is 1. The summed E-state index contributed by atoms with van der Waals surface area (Å²) in [7, 11) is 0. The first-order valence-electron chi connectivity index (χ1n) is 7.63. The summed E-state index contributed by atoms with van der Waals surface area (Å²) in [5.74, 6) is -0.468. The molecule has 1 aromatic heterocycles. The number of aromatic hydroxyl groups is 1. The van der Waals surface area contributed by atoms with Gasteiger partial charge in [0.1, 0.15) is 0 Å². The van der Waals surface area contributed by atoms with Crippen LogP contribution in [-0.4, -0.2) is 15.6 Å². The zero-order valence-corrected chi connectivity index (χ0v) is 13.9. The van der Waals surface area contributed by atoms with Crippen molar-refractivity contribution in [3.8, 4) is 5.88 Å². The lowest BCUT2D eigenvalue weighted by Crippen LogP contribution is -1.94. The Bertz CT molecular complexity index is 914. The maximum absolute atomic E-state index is 12.1. The van der Waals surface area contributed by atoms with E-state index in [1.807, 2.05) is 31.2 Å². The first kappa shape index (κ1) is 16.2. The average molecular weight is 342 g/mol. The summed E-state index contributed by atoms with van der Waals surface area (Å²) >= 11 is 5.81. The number of hydrogen-bond donors (Lipinski definition) is 1. The Morgan fingerprint density at radius 3 is 2.58 bits per heavy atom. The van der Waals surface area contributed by atoms with Gasteiger partial charge in [0.25, 0.3) is 5.91 Å². The Hall–Kier alpha value is -2.66. The maximum Gasteiger partial charge on any atom is 0.295 e. The highest BCUT2D eigenvalue weighted by Crippen LogP contribution is 2.38. The van der Waals surface area contributed by atoms with Gasteiger partial charge >= 0.3 is 0 Å². The second-order valence-corrected chi connectivity index (χ2v) is 5.79. The van der Waals surface area contributed by atoms with E-state index in [4.69, 9.17) is 11.6 Å². The molecule has 3 rings (SSSR count). The second-order valence-electron chi connectivity index (χ2n) is 5.35. The van der Waals surface area contributed by atoms with E-state index in [1.54, 1.807) is 28.8 Å². The fourth-order valence-corrected chi connectivity index (χ4v) is 2.69. The molecule has 5 nitrogen and oxygen atoms in total. The largest absolute Gasteiger partial charge is 0.493 e. The monoisotopic (exact) mass is 341 g/mol. The van der Waals surface area contributed by atoms with Crippen LogP contribution in [0.2, 0.25) is 5.02 Å². The minimum Gasteiger partial charge on any atom is -0.493 e. The third kappa shape index (κ3) is 3.03. The minimum absolute atomic E-state index is 0.0192. The number of aryl methyl sites for hydroxylation is 1. The third-order valence-corrected chi connectivity index (χ3v) is 3.95. The molecule has 0 atom stereocenters. The molecule has 0 aliphatic rings. The SMILES string of the molecule is CCCn1c(O)c(N=NC(=O)c2ccc(Cl)cc2)c2ccccc21. The molecule has 2 aromatic carbocycles. The number of para-hydroxylation sites is 1. The number of amides is 1. The molecule has 0 aliphatic heterocycles. The number of azo groups is 1. The number of nitrogens with zero attached hydrogens (tertiary/aromatic N) is 3. The molecule has 0 saturated carbocycles. The van der Waals surface area contributed by atoms with Gasteiger partial charge in [-0.2, -0.15) is 0 Å². The minimum atomic E-state index is -0.488. The molecule has 1 amide bonds. The molecule has 0 spiro atoms. The molecule has 1 heterocycles. The van der Waals surface area contributed by atoms with E-state index in [0.29, 0.717) is 22.8 Å². The van der Waals surface area contributed by atoms with Crippen LogP contribution in [0.4, 0.5) is 5.69 Å². The molecule has 1 N–H and O–H groups in total. The highest BCUT2D eigenvalue weighted by molar-refractivity contribution is 6.30. The van der Waals surface area contributed by atoms with Gasteiger partial charge in [-0.1, -0.05) is 36.7 Å². The van der Waals surface area contributed by atoms with E-state index in [2.05, 4.69) is 10.2 Å². The second kappa shape index (κ2) is 6.84. The fourth-order valence-electron chi connectivity index (χ4n) is 2.57. The number of rotatable bonds is 4. The molecule has 0 unspecified atom stereocenters. The normalized spacial score (nSPS) is 11.4. The molecule has 3 aromatic rings. The summed E-state index contributed by atoms with van der Waals surface area (Å²) in [6, 6.07) is 13.9. The third-order valence-electron chi connectivity index (χ3n) is 3.70. The van der Waals surface area contributed by atoms with Gasteiger partial charge in [-0.15, -0.1) is 10.2 Å². The summed E-state index contributed by atoms with van der Waals surface area (Å²) < 4.78 is 1.77. The maximum atomic E-state index is 12.1. The van der Waals surface area contributed by atoms with E-state index < -0.39 is 5.91 Å². The van der Waals surface area contributed by atoms with Gasteiger partial charge in [-0.05, 0) is 36.8 Å². The van der Waals surface area contributed by atoms with Gasteiger partial charge in [-0.3, -0.25) is 4.79 Å². The highest BCUT2D eigenvalue weighted by atomic mass is 35.5. The number of halogens is 1. The van der Waals surface area contributed by atoms with Crippen LogP contribution in [0.15, 0.2) is 58.8 Å². The quantitative estimate of drug-likeness (QED) is 0.651. The van der Waals surface area contributed by atoms with E-state index in [0.717, 1.165) is 17.3 Å². The summed E-state index contributed by atoms with van der Waals surface area (Å²) in [5.41, 5.74) is 1.56.